The van der Waals surface area contributed by atoms with E-state index in [9.17, 15) is 4.79 Å². The van der Waals surface area contributed by atoms with E-state index < -0.39 is 0 Å². The summed E-state index contributed by atoms with van der Waals surface area (Å²) in [5, 5.41) is 0. The van der Waals surface area contributed by atoms with Crippen LogP contribution in [0.15, 0.2) is 18.2 Å². The highest BCUT2D eigenvalue weighted by molar-refractivity contribution is 5.91. The summed E-state index contributed by atoms with van der Waals surface area (Å²) in [4.78, 5) is 18.2. The monoisotopic (exact) mass is 278 g/mol. The summed E-state index contributed by atoms with van der Waals surface area (Å²) < 4.78 is 5.24. The Labute approximate surface area is 119 Å². The number of hydrazine groups is 1. The van der Waals surface area contributed by atoms with Crippen molar-refractivity contribution in [2.75, 3.05) is 26.8 Å². The summed E-state index contributed by atoms with van der Waals surface area (Å²) in [6, 6.07) is 5.44. The SMILES string of the molecule is COCC1CCCN(Cc2cccc(C(=O)NN)n2)C1. The first-order chi connectivity index (χ1) is 9.72. The first kappa shape index (κ1) is 14.9. The third-order valence-corrected chi connectivity index (χ3v) is 3.56. The lowest BCUT2D eigenvalue weighted by Gasteiger charge is -2.32. The van der Waals surface area contributed by atoms with Crippen LogP contribution in [0.1, 0.15) is 29.0 Å². The maximum absolute atomic E-state index is 11.5. The third-order valence-electron chi connectivity index (χ3n) is 3.56. The van der Waals surface area contributed by atoms with Crippen molar-refractivity contribution in [3.8, 4) is 0 Å². The smallest absolute Gasteiger partial charge is 0.283 e. The minimum Gasteiger partial charge on any atom is -0.384 e. The molecule has 2 heterocycles. The van der Waals surface area contributed by atoms with E-state index in [4.69, 9.17) is 10.6 Å². The van der Waals surface area contributed by atoms with Crippen molar-refractivity contribution in [2.24, 2.45) is 11.8 Å². The lowest BCUT2D eigenvalue weighted by Crippen LogP contribution is -2.37. The topological polar surface area (TPSA) is 80.5 Å². The minimum absolute atomic E-state index is 0.357. The van der Waals surface area contributed by atoms with E-state index in [-0.39, 0.29) is 5.91 Å². The maximum atomic E-state index is 11.5. The lowest BCUT2D eigenvalue weighted by molar-refractivity contribution is 0.0866. The number of hydrogen-bond donors (Lipinski definition) is 2. The highest BCUT2D eigenvalue weighted by Crippen LogP contribution is 2.18. The number of pyridine rings is 1. The van der Waals surface area contributed by atoms with Crippen molar-refractivity contribution >= 4 is 5.91 Å². The van der Waals surface area contributed by atoms with Gasteiger partial charge in [0, 0.05) is 20.2 Å². The van der Waals surface area contributed by atoms with E-state index >= 15 is 0 Å². The number of carbonyl (C=O) groups excluding carboxylic acids is 1. The zero-order chi connectivity index (χ0) is 14.4. The molecule has 2 rings (SSSR count). The number of rotatable bonds is 5. The van der Waals surface area contributed by atoms with Crippen molar-refractivity contribution in [3.63, 3.8) is 0 Å². The van der Waals surface area contributed by atoms with Crippen LogP contribution in [0.2, 0.25) is 0 Å². The normalized spacial score (nSPS) is 19.8. The summed E-state index contributed by atoms with van der Waals surface area (Å²) >= 11 is 0. The number of ether oxygens (including phenoxy) is 1. The van der Waals surface area contributed by atoms with Crippen molar-refractivity contribution < 1.29 is 9.53 Å². The Kier molecular flexibility index (Phi) is 5.46. The quantitative estimate of drug-likeness (QED) is 0.467. The first-order valence-electron chi connectivity index (χ1n) is 6.91. The highest BCUT2D eigenvalue weighted by atomic mass is 16.5. The van der Waals surface area contributed by atoms with Gasteiger partial charge < -0.3 is 4.74 Å². The molecule has 1 aromatic heterocycles. The number of aromatic nitrogens is 1. The third kappa shape index (κ3) is 4.00. The first-order valence-corrected chi connectivity index (χ1v) is 6.91. The van der Waals surface area contributed by atoms with E-state index in [2.05, 4.69) is 15.3 Å². The number of hydrogen-bond acceptors (Lipinski definition) is 5. The molecule has 1 saturated heterocycles. The molecule has 0 bridgehead atoms. The number of amides is 1. The average molecular weight is 278 g/mol. The molecule has 1 aliphatic heterocycles. The van der Waals surface area contributed by atoms with Crippen LogP contribution in [0.25, 0.3) is 0 Å². The molecule has 0 radical (unpaired) electrons. The van der Waals surface area contributed by atoms with Gasteiger partial charge in [-0.05, 0) is 37.4 Å². The number of carbonyl (C=O) groups is 1. The highest BCUT2D eigenvalue weighted by Gasteiger charge is 2.20. The summed E-state index contributed by atoms with van der Waals surface area (Å²) in [5.41, 5.74) is 3.35. The second-order valence-electron chi connectivity index (χ2n) is 5.19. The van der Waals surface area contributed by atoms with E-state index in [1.165, 1.54) is 12.8 Å². The van der Waals surface area contributed by atoms with E-state index in [1.54, 1.807) is 13.2 Å². The summed E-state index contributed by atoms with van der Waals surface area (Å²) in [7, 11) is 1.75. The Morgan fingerprint density at radius 3 is 3.20 bits per heavy atom. The second-order valence-corrected chi connectivity index (χ2v) is 5.19. The summed E-state index contributed by atoms with van der Waals surface area (Å²) in [6.07, 6.45) is 2.39. The largest absolute Gasteiger partial charge is 0.384 e. The number of methoxy groups -OCH3 is 1. The summed E-state index contributed by atoms with van der Waals surface area (Å²) in [5.74, 6) is 5.35. The van der Waals surface area contributed by atoms with E-state index in [1.807, 2.05) is 12.1 Å². The summed E-state index contributed by atoms with van der Waals surface area (Å²) in [6.45, 7) is 3.64. The van der Waals surface area contributed by atoms with Gasteiger partial charge in [0.05, 0.1) is 12.3 Å². The van der Waals surface area contributed by atoms with Gasteiger partial charge in [-0.2, -0.15) is 0 Å². The van der Waals surface area contributed by atoms with Gasteiger partial charge in [0.2, 0.25) is 0 Å². The number of nitrogens with two attached hydrogens (primary N) is 1. The Balaban J connectivity index is 1.97. The number of piperidine rings is 1. The van der Waals surface area contributed by atoms with Crippen LogP contribution in [0.3, 0.4) is 0 Å². The molecule has 20 heavy (non-hydrogen) atoms. The number of likely N-dealkylation sites (tertiary alicyclic amines) is 1. The molecule has 0 aliphatic carbocycles. The Hall–Kier alpha value is -1.50. The van der Waals surface area contributed by atoms with Gasteiger partial charge in [0.25, 0.3) is 5.91 Å². The van der Waals surface area contributed by atoms with Gasteiger partial charge in [-0.25, -0.2) is 10.8 Å². The van der Waals surface area contributed by atoms with Crippen molar-refractivity contribution in [1.29, 1.82) is 0 Å². The fourth-order valence-corrected chi connectivity index (χ4v) is 2.66. The fraction of sp³-hybridized carbons (Fsp3) is 0.571. The van der Waals surface area contributed by atoms with Gasteiger partial charge in [0.1, 0.15) is 5.69 Å². The fourth-order valence-electron chi connectivity index (χ4n) is 2.66. The van der Waals surface area contributed by atoms with Gasteiger partial charge in [-0.15, -0.1) is 0 Å². The lowest BCUT2D eigenvalue weighted by atomic mass is 9.99. The van der Waals surface area contributed by atoms with Gasteiger partial charge in [0.15, 0.2) is 0 Å². The molecule has 0 aromatic carbocycles. The standard InChI is InChI=1S/C14H22N4O2/c1-20-10-11-4-3-7-18(8-11)9-12-5-2-6-13(16-12)14(19)17-15/h2,5-6,11H,3-4,7-10,15H2,1H3,(H,17,19). The van der Waals surface area contributed by atoms with Gasteiger partial charge >= 0.3 is 0 Å². The van der Waals surface area contributed by atoms with Crippen LogP contribution in [0.5, 0.6) is 0 Å². The molecular weight excluding hydrogens is 256 g/mol. The van der Waals surface area contributed by atoms with E-state index in [0.717, 1.165) is 31.9 Å². The van der Waals surface area contributed by atoms with Crippen LogP contribution in [0, 0.1) is 5.92 Å². The van der Waals surface area contributed by atoms with Gasteiger partial charge in [-0.1, -0.05) is 6.07 Å². The molecule has 1 atom stereocenters. The zero-order valence-corrected chi connectivity index (χ0v) is 11.8. The Morgan fingerprint density at radius 1 is 1.60 bits per heavy atom. The van der Waals surface area contributed by atoms with Crippen molar-refractivity contribution in [2.45, 2.75) is 19.4 Å². The number of nitrogen functional groups attached to an aromatic ring is 1. The van der Waals surface area contributed by atoms with E-state index in [0.29, 0.717) is 11.6 Å². The molecule has 1 fully saturated rings. The average Bonchev–Trinajstić information content (AvgIpc) is 2.47. The molecule has 1 aromatic rings. The molecule has 6 nitrogen and oxygen atoms in total. The minimum atomic E-state index is -0.359. The second kappa shape index (κ2) is 7.33. The van der Waals surface area contributed by atoms with Crippen LogP contribution >= 0.6 is 0 Å². The zero-order valence-electron chi connectivity index (χ0n) is 11.8. The molecule has 1 amide bonds. The Morgan fingerprint density at radius 2 is 2.45 bits per heavy atom. The molecule has 0 spiro atoms. The number of nitrogens with zero attached hydrogens (tertiary/aromatic N) is 2. The van der Waals surface area contributed by atoms with Crippen molar-refractivity contribution in [1.82, 2.24) is 15.3 Å². The molecule has 0 saturated carbocycles. The molecule has 1 unspecified atom stereocenters. The molecular formula is C14H22N4O2. The maximum Gasteiger partial charge on any atom is 0.283 e. The molecule has 1 aliphatic rings. The molecule has 110 valence electrons. The predicted molar refractivity (Wildman–Crippen MR) is 75.8 cm³/mol. The van der Waals surface area contributed by atoms with Crippen LogP contribution in [-0.2, 0) is 11.3 Å². The van der Waals surface area contributed by atoms with Crippen LogP contribution in [-0.4, -0.2) is 42.6 Å². The van der Waals surface area contributed by atoms with Crippen LogP contribution < -0.4 is 11.3 Å². The number of nitrogens with one attached hydrogen (secondary N) is 1. The molecule has 3 N–H and O–H groups in total. The Bertz CT molecular complexity index is 451. The van der Waals surface area contributed by atoms with Crippen molar-refractivity contribution in [3.05, 3.63) is 29.6 Å². The van der Waals surface area contributed by atoms with Gasteiger partial charge in [-0.3, -0.25) is 15.1 Å². The predicted octanol–water partition coefficient (Wildman–Crippen LogP) is 0.544. The molecule has 6 heteroatoms. The van der Waals surface area contributed by atoms with Crippen LogP contribution in [0.4, 0.5) is 0 Å².